The number of benzene rings is 2. The van der Waals surface area contributed by atoms with E-state index in [9.17, 15) is 4.79 Å². The molecule has 0 aliphatic heterocycles. The fraction of sp³-hybridized carbons (Fsp3) is 0.222. The van der Waals surface area contributed by atoms with Crippen LogP contribution in [-0.2, 0) is 25.9 Å². The Kier molecular flexibility index (Phi) is 5.65. The summed E-state index contributed by atoms with van der Waals surface area (Å²) in [5, 5.41) is 6.29. The van der Waals surface area contributed by atoms with Gasteiger partial charge in [0.25, 0.3) is 5.56 Å². The molecule has 1 aliphatic carbocycles. The number of pyridine rings is 1. The molecular formula is C27H23ClN4OS. The average molecular weight is 487 g/mol. The van der Waals surface area contributed by atoms with E-state index in [0.29, 0.717) is 12.6 Å². The Morgan fingerprint density at radius 1 is 1.12 bits per heavy atom. The normalized spacial score (nSPS) is 15.6. The molecule has 1 aliphatic rings. The number of fused-ring (bicyclic) bond motifs is 4. The topological polar surface area (TPSA) is 59.8 Å². The van der Waals surface area contributed by atoms with Crippen LogP contribution in [0.1, 0.15) is 28.0 Å². The van der Waals surface area contributed by atoms with Crippen LogP contribution in [-0.4, -0.2) is 20.6 Å². The minimum atomic E-state index is 0.0424. The fourth-order valence-corrected chi connectivity index (χ4v) is 6.35. The number of nitrogens with zero attached hydrogens (tertiary/aromatic N) is 3. The van der Waals surface area contributed by atoms with Gasteiger partial charge in [0.2, 0.25) is 0 Å². The molecule has 5 aromatic rings. The van der Waals surface area contributed by atoms with Gasteiger partial charge in [0, 0.05) is 34.1 Å². The first-order chi connectivity index (χ1) is 16.7. The van der Waals surface area contributed by atoms with Gasteiger partial charge in [0.05, 0.1) is 23.8 Å². The lowest BCUT2D eigenvalue weighted by molar-refractivity contribution is 0.463. The van der Waals surface area contributed by atoms with Gasteiger partial charge in [-0.3, -0.25) is 14.3 Å². The smallest absolute Gasteiger partial charge is 0.262 e. The van der Waals surface area contributed by atoms with Crippen molar-refractivity contribution in [3.63, 3.8) is 0 Å². The Balaban J connectivity index is 1.26. The van der Waals surface area contributed by atoms with Crippen LogP contribution in [0.5, 0.6) is 0 Å². The summed E-state index contributed by atoms with van der Waals surface area (Å²) in [6.45, 7) is 1.25. The van der Waals surface area contributed by atoms with Crippen LogP contribution < -0.4 is 10.9 Å². The van der Waals surface area contributed by atoms with E-state index in [2.05, 4.69) is 21.4 Å². The van der Waals surface area contributed by atoms with Gasteiger partial charge in [-0.05, 0) is 54.2 Å². The van der Waals surface area contributed by atoms with Gasteiger partial charge >= 0.3 is 0 Å². The molecule has 0 saturated heterocycles. The minimum Gasteiger partial charge on any atom is -0.310 e. The van der Waals surface area contributed by atoms with Crippen molar-refractivity contribution in [2.24, 2.45) is 0 Å². The van der Waals surface area contributed by atoms with Crippen molar-refractivity contribution < 1.29 is 0 Å². The number of halogens is 1. The summed E-state index contributed by atoms with van der Waals surface area (Å²) in [7, 11) is 0. The summed E-state index contributed by atoms with van der Waals surface area (Å²) >= 11 is 7.78. The van der Waals surface area contributed by atoms with Gasteiger partial charge in [-0.25, -0.2) is 4.98 Å². The first kappa shape index (κ1) is 21.5. The predicted octanol–water partition coefficient (Wildman–Crippen LogP) is 5.36. The second kappa shape index (κ2) is 8.95. The summed E-state index contributed by atoms with van der Waals surface area (Å²) in [5.74, 6) is 0. The van der Waals surface area contributed by atoms with Crippen molar-refractivity contribution in [1.29, 1.82) is 0 Å². The highest BCUT2D eigenvalue weighted by Crippen LogP contribution is 2.34. The molecule has 3 aromatic heterocycles. The average Bonchev–Trinajstić information content (AvgIpc) is 3.23. The third kappa shape index (κ3) is 4.02. The van der Waals surface area contributed by atoms with Gasteiger partial charge in [0.1, 0.15) is 4.83 Å². The zero-order chi connectivity index (χ0) is 23.1. The maximum Gasteiger partial charge on any atom is 0.262 e. The third-order valence-electron chi connectivity index (χ3n) is 6.58. The molecule has 0 saturated carbocycles. The van der Waals surface area contributed by atoms with Crippen LogP contribution in [0.25, 0.3) is 21.1 Å². The Morgan fingerprint density at radius 3 is 2.91 bits per heavy atom. The lowest BCUT2D eigenvalue weighted by atomic mass is 9.93. The van der Waals surface area contributed by atoms with Gasteiger partial charge < -0.3 is 5.32 Å². The van der Waals surface area contributed by atoms with E-state index in [1.54, 1.807) is 28.4 Å². The molecule has 0 amide bonds. The van der Waals surface area contributed by atoms with Crippen LogP contribution in [0.3, 0.4) is 0 Å². The number of rotatable bonds is 5. The molecule has 1 atom stereocenters. The standard InChI is InChI=1S/C27H23ClN4OS/c28-20-8-1-4-17(12-20)14-30-21-9-10-22-23(13-21)34-26-24(22)27(33)32(16-31-26)15-19-6-2-5-18-7-3-11-29-25(18)19/h1-8,11-12,16,21,30H,9-10,13-15H2. The van der Waals surface area contributed by atoms with Gasteiger partial charge in [-0.1, -0.05) is 48.0 Å². The molecule has 3 heterocycles. The van der Waals surface area contributed by atoms with Crippen LogP contribution in [0.4, 0.5) is 0 Å². The molecule has 170 valence electrons. The first-order valence-corrected chi connectivity index (χ1v) is 12.7. The molecule has 6 rings (SSSR count). The van der Waals surface area contributed by atoms with Crippen molar-refractivity contribution in [2.75, 3.05) is 0 Å². The molecule has 5 nitrogen and oxygen atoms in total. The molecule has 0 spiro atoms. The number of hydrogen-bond donors (Lipinski definition) is 1. The van der Waals surface area contributed by atoms with E-state index in [4.69, 9.17) is 11.6 Å². The Labute approximate surface area is 206 Å². The lowest BCUT2D eigenvalue weighted by Gasteiger charge is -2.23. The number of thiophene rings is 1. The molecule has 0 fully saturated rings. The second-order valence-electron chi connectivity index (χ2n) is 8.80. The van der Waals surface area contributed by atoms with Crippen molar-refractivity contribution in [2.45, 2.75) is 38.4 Å². The molecule has 1 N–H and O–H groups in total. The van der Waals surface area contributed by atoms with Crippen molar-refractivity contribution in [1.82, 2.24) is 19.9 Å². The number of nitrogens with one attached hydrogen (secondary N) is 1. The lowest BCUT2D eigenvalue weighted by Crippen LogP contribution is -2.33. The highest BCUT2D eigenvalue weighted by molar-refractivity contribution is 7.18. The number of aryl methyl sites for hydroxylation is 1. The largest absolute Gasteiger partial charge is 0.310 e. The molecule has 34 heavy (non-hydrogen) atoms. The summed E-state index contributed by atoms with van der Waals surface area (Å²) in [6, 6.07) is 18.4. The summed E-state index contributed by atoms with van der Waals surface area (Å²) in [5.41, 5.74) is 4.36. The number of hydrogen-bond acceptors (Lipinski definition) is 5. The number of para-hydroxylation sites is 1. The van der Waals surface area contributed by atoms with Crippen molar-refractivity contribution in [3.8, 4) is 0 Å². The Morgan fingerprint density at radius 2 is 2.00 bits per heavy atom. The monoisotopic (exact) mass is 486 g/mol. The SMILES string of the molecule is O=c1c2c3c(sc2ncn1Cc1cccc2cccnc12)CC(NCc1cccc(Cl)c1)CC3. The highest BCUT2D eigenvalue weighted by Gasteiger charge is 2.25. The highest BCUT2D eigenvalue weighted by atomic mass is 35.5. The zero-order valence-electron chi connectivity index (χ0n) is 18.5. The quantitative estimate of drug-likeness (QED) is 0.363. The molecule has 7 heteroatoms. The second-order valence-corrected chi connectivity index (χ2v) is 10.3. The maximum atomic E-state index is 13.5. The first-order valence-electron chi connectivity index (χ1n) is 11.5. The van der Waals surface area contributed by atoms with Gasteiger partial charge in [-0.15, -0.1) is 11.3 Å². The third-order valence-corrected chi connectivity index (χ3v) is 7.97. The van der Waals surface area contributed by atoms with Crippen LogP contribution >= 0.6 is 22.9 Å². The fourth-order valence-electron chi connectivity index (χ4n) is 4.88. The Hall–Kier alpha value is -3.06. The van der Waals surface area contributed by atoms with E-state index in [1.807, 2.05) is 48.5 Å². The molecule has 0 radical (unpaired) electrons. The molecule has 0 bridgehead atoms. The van der Waals surface area contributed by atoms with Gasteiger partial charge in [-0.2, -0.15) is 0 Å². The van der Waals surface area contributed by atoms with E-state index >= 15 is 0 Å². The van der Waals surface area contributed by atoms with Gasteiger partial charge in [0.15, 0.2) is 0 Å². The minimum absolute atomic E-state index is 0.0424. The predicted molar refractivity (Wildman–Crippen MR) is 139 cm³/mol. The van der Waals surface area contributed by atoms with Crippen LogP contribution in [0.2, 0.25) is 5.02 Å². The molecule has 1 unspecified atom stereocenters. The molecular weight excluding hydrogens is 464 g/mol. The zero-order valence-corrected chi connectivity index (χ0v) is 20.1. The van der Waals surface area contributed by atoms with E-state index in [1.165, 1.54) is 16.0 Å². The summed E-state index contributed by atoms with van der Waals surface area (Å²) in [4.78, 5) is 24.8. The summed E-state index contributed by atoms with van der Waals surface area (Å²) in [6.07, 6.45) is 6.29. The van der Waals surface area contributed by atoms with Crippen LogP contribution in [0.15, 0.2) is 71.9 Å². The van der Waals surface area contributed by atoms with E-state index < -0.39 is 0 Å². The van der Waals surface area contributed by atoms with Crippen molar-refractivity contribution in [3.05, 3.63) is 104 Å². The van der Waals surface area contributed by atoms with Crippen molar-refractivity contribution >= 4 is 44.1 Å². The number of aromatic nitrogens is 3. The summed E-state index contributed by atoms with van der Waals surface area (Å²) < 4.78 is 1.72. The van der Waals surface area contributed by atoms with Crippen LogP contribution in [0, 0.1) is 0 Å². The maximum absolute atomic E-state index is 13.5. The van der Waals surface area contributed by atoms with E-state index in [0.717, 1.165) is 57.5 Å². The Bertz CT molecular complexity index is 1570. The van der Waals surface area contributed by atoms with E-state index in [-0.39, 0.29) is 5.56 Å². The molecule has 2 aromatic carbocycles.